The van der Waals surface area contributed by atoms with Crippen LogP contribution in [0.2, 0.25) is 0 Å². The second-order valence-corrected chi connectivity index (χ2v) is 4.73. The summed E-state index contributed by atoms with van der Waals surface area (Å²) in [5.41, 5.74) is 6.25. The molecule has 1 saturated heterocycles. The summed E-state index contributed by atoms with van der Waals surface area (Å²) in [6.07, 6.45) is 1.26. The van der Waals surface area contributed by atoms with Gasteiger partial charge < -0.3 is 15.4 Å². The number of likely N-dealkylation sites (N-methyl/N-ethyl adjacent to an activating group) is 1. The molecule has 4 nitrogen and oxygen atoms in total. The lowest BCUT2D eigenvalue weighted by molar-refractivity contribution is 0.118. The molecule has 0 aliphatic carbocycles. The molecule has 5 heteroatoms. The number of anilines is 1. The molecule has 1 aromatic heterocycles. The molecule has 2 unspecified atom stereocenters. The lowest BCUT2D eigenvalue weighted by Gasteiger charge is -2.27. The molecule has 1 aliphatic heterocycles. The Balaban J connectivity index is 2.21. The maximum atomic E-state index is 5.59. The first-order valence-electron chi connectivity index (χ1n) is 5.71. The van der Waals surface area contributed by atoms with Gasteiger partial charge >= 0.3 is 0 Å². The molecule has 0 saturated carbocycles. The van der Waals surface area contributed by atoms with Crippen LogP contribution in [-0.4, -0.2) is 35.8 Å². The van der Waals surface area contributed by atoms with E-state index in [9.17, 15) is 0 Å². The van der Waals surface area contributed by atoms with E-state index in [1.54, 1.807) is 0 Å². The van der Waals surface area contributed by atoms with E-state index >= 15 is 0 Å². The van der Waals surface area contributed by atoms with E-state index in [0.29, 0.717) is 16.7 Å². The number of ether oxygens (including phenoxy) is 1. The summed E-state index contributed by atoms with van der Waals surface area (Å²) in [7, 11) is 2.03. The van der Waals surface area contributed by atoms with E-state index < -0.39 is 0 Å². The minimum absolute atomic E-state index is 0.232. The zero-order valence-electron chi connectivity index (χ0n) is 10.1. The van der Waals surface area contributed by atoms with Crippen molar-refractivity contribution in [2.75, 3.05) is 18.6 Å². The van der Waals surface area contributed by atoms with Crippen LogP contribution in [0.1, 0.15) is 19.0 Å². The smallest absolute Gasteiger partial charge is 0.129 e. The normalized spacial score (nSPS) is 23.6. The molecule has 0 aromatic carbocycles. The van der Waals surface area contributed by atoms with Crippen molar-refractivity contribution in [3.05, 3.63) is 23.9 Å². The van der Waals surface area contributed by atoms with Gasteiger partial charge in [0.25, 0.3) is 0 Å². The Hall–Kier alpha value is -1.20. The maximum Gasteiger partial charge on any atom is 0.129 e. The molecule has 2 N–H and O–H groups in total. The average molecular weight is 251 g/mol. The molecule has 17 heavy (non-hydrogen) atoms. The van der Waals surface area contributed by atoms with Crippen LogP contribution in [-0.2, 0) is 4.74 Å². The molecule has 2 atom stereocenters. The van der Waals surface area contributed by atoms with Crippen molar-refractivity contribution in [2.45, 2.75) is 25.5 Å². The average Bonchev–Trinajstić information content (AvgIpc) is 2.74. The fourth-order valence-electron chi connectivity index (χ4n) is 2.16. The first kappa shape index (κ1) is 12.3. The van der Waals surface area contributed by atoms with Gasteiger partial charge in [-0.15, -0.1) is 0 Å². The fourth-order valence-corrected chi connectivity index (χ4v) is 2.27. The number of hydrogen-bond acceptors (Lipinski definition) is 4. The molecule has 0 spiro atoms. The molecule has 92 valence electrons. The highest BCUT2D eigenvalue weighted by Gasteiger charge is 2.28. The van der Waals surface area contributed by atoms with E-state index in [2.05, 4.69) is 16.8 Å². The molecule has 1 fully saturated rings. The van der Waals surface area contributed by atoms with Crippen molar-refractivity contribution in [2.24, 2.45) is 5.73 Å². The third-order valence-corrected chi connectivity index (χ3v) is 3.39. The highest BCUT2D eigenvalue weighted by Crippen LogP contribution is 2.22. The Kier molecular flexibility index (Phi) is 3.59. The van der Waals surface area contributed by atoms with Crippen LogP contribution in [0.25, 0.3) is 0 Å². The Morgan fingerprint density at radius 3 is 2.94 bits per heavy atom. The van der Waals surface area contributed by atoms with Crippen LogP contribution in [0.5, 0.6) is 0 Å². The summed E-state index contributed by atoms with van der Waals surface area (Å²) in [6, 6.07) is 6.08. The van der Waals surface area contributed by atoms with E-state index in [0.717, 1.165) is 18.8 Å². The van der Waals surface area contributed by atoms with Gasteiger partial charge in [-0.25, -0.2) is 4.98 Å². The standard InChI is InChI=1S/C12H17N3OS/c1-8-10(6-7-16-8)15(2)11-5-3-4-9(14-11)12(13)17/h3-5,8,10H,6-7H2,1-2H3,(H2,13,17). The summed E-state index contributed by atoms with van der Waals surface area (Å²) >= 11 is 4.94. The Morgan fingerprint density at radius 1 is 1.59 bits per heavy atom. The molecule has 0 radical (unpaired) electrons. The SMILES string of the molecule is CC1OCCC1N(C)c1cccc(C(N)=S)n1. The molecule has 0 bridgehead atoms. The van der Waals surface area contributed by atoms with Gasteiger partial charge in [-0.3, -0.25) is 0 Å². The van der Waals surface area contributed by atoms with E-state index in [-0.39, 0.29) is 6.10 Å². The summed E-state index contributed by atoms with van der Waals surface area (Å²) in [5, 5.41) is 0. The molecular weight excluding hydrogens is 234 g/mol. The van der Waals surface area contributed by atoms with Gasteiger partial charge in [-0.05, 0) is 25.5 Å². The van der Waals surface area contributed by atoms with Gasteiger partial charge in [0.15, 0.2) is 0 Å². The van der Waals surface area contributed by atoms with Crippen LogP contribution >= 0.6 is 12.2 Å². The lowest BCUT2D eigenvalue weighted by atomic mass is 10.1. The van der Waals surface area contributed by atoms with Gasteiger partial charge in [-0.2, -0.15) is 0 Å². The number of nitrogens with zero attached hydrogens (tertiary/aromatic N) is 2. The van der Waals surface area contributed by atoms with Gasteiger partial charge in [0.05, 0.1) is 17.8 Å². The molecule has 0 amide bonds. The Bertz CT molecular complexity index is 424. The summed E-state index contributed by atoms with van der Waals surface area (Å²) in [5.74, 6) is 0.887. The van der Waals surface area contributed by atoms with Gasteiger partial charge in [-0.1, -0.05) is 18.3 Å². The highest BCUT2D eigenvalue weighted by molar-refractivity contribution is 7.80. The quantitative estimate of drug-likeness (QED) is 0.821. The molecule has 1 aliphatic rings. The third kappa shape index (κ3) is 2.56. The van der Waals surface area contributed by atoms with Crippen LogP contribution in [0.4, 0.5) is 5.82 Å². The summed E-state index contributed by atoms with van der Waals surface area (Å²) in [4.78, 5) is 6.92. The monoisotopic (exact) mass is 251 g/mol. The van der Waals surface area contributed by atoms with Crippen LogP contribution < -0.4 is 10.6 Å². The van der Waals surface area contributed by atoms with Crippen molar-refractivity contribution in [3.63, 3.8) is 0 Å². The van der Waals surface area contributed by atoms with E-state index in [1.807, 2.05) is 25.2 Å². The van der Waals surface area contributed by atoms with Gasteiger partial charge in [0, 0.05) is 13.7 Å². The minimum atomic E-state index is 0.232. The third-order valence-electron chi connectivity index (χ3n) is 3.18. The number of aromatic nitrogens is 1. The topological polar surface area (TPSA) is 51.4 Å². The summed E-state index contributed by atoms with van der Waals surface area (Å²) in [6.45, 7) is 2.90. The number of nitrogens with two attached hydrogens (primary N) is 1. The summed E-state index contributed by atoms with van der Waals surface area (Å²) < 4.78 is 5.57. The second kappa shape index (κ2) is 4.98. The Morgan fingerprint density at radius 2 is 2.35 bits per heavy atom. The van der Waals surface area contributed by atoms with Crippen molar-refractivity contribution >= 4 is 23.0 Å². The first-order valence-corrected chi connectivity index (χ1v) is 6.11. The predicted octanol–water partition coefficient (Wildman–Crippen LogP) is 1.33. The zero-order valence-corrected chi connectivity index (χ0v) is 10.9. The zero-order chi connectivity index (χ0) is 12.4. The maximum absolute atomic E-state index is 5.59. The molecular formula is C12H17N3OS. The molecule has 2 heterocycles. The second-order valence-electron chi connectivity index (χ2n) is 4.29. The highest BCUT2D eigenvalue weighted by atomic mass is 32.1. The van der Waals surface area contributed by atoms with Gasteiger partial charge in [0.2, 0.25) is 0 Å². The van der Waals surface area contributed by atoms with Crippen molar-refractivity contribution < 1.29 is 4.74 Å². The Labute approximate surface area is 107 Å². The van der Waals surface area contributed by atoms with Crippen molar-refractivity contribution in [1.82, 2.24) is 4.98 Å². The van der Waals surface area contributed by atoms with Crippen LogP contribution in [0, 0.1) is 0 Å². The van der Waals surface area contributed by atoms with E-state index in [4.69, 9.17) is 22.7 Å². The fraction of sp³-hybridized carbons (Fsp3) is 0.500. The lowest BCUT2D eigenvalue weighted by Crippen LogP contribution is -2.37. The molecule has 1 aromatic rings. The number of thiocarbonyl (C=S) groups is 1. The van der Waals surface area contributed by atoms with Crippen molar-refractivity contribution in [1.29, 1.82) is 0 Å². The molecule has 2 rings (SSSR count). The van der Waals surface area contributed by atoms with E-state index in [1.165, 1.54) is 0 Å². The van der Waals surface area contributed by atoms with Crippen molar-refractivity contribution in [3.8, 4) is 0 Å². The predicted molar refractivity (Wildman–Crippen MR) is 72.3 cm³/mol. The number of rotatable bonds is 3. The van der Waals surface area contributed by atoms with Crippen LogP contribution in [0.3, 0.4) is 0 Å². The van der Waals surface area contributed by atoms with Gasteiger partial charge in [0.1, 0.15) is 10.8 Å². The minimum Gasteiger partial charge on any atom is -0.388 e. The largest absolute Gasteiger partial charge is 0.388 e. The first-order chi connectivity index (χ1) is 8.09. The number of pyridine rings is 1. The van der Waals surface area contributed by atoms with Crippen LogP contribution in [0.15, 0.2) is 18.2 Å². The number of hydrogen-bond donors (Lipinski definition) is 1.